The van der Waals surface area contributed by atoms with E-state index in [1.54, 1.807) is 54.6 Å². The monoisotopic (exact) mass is 578 g/mol. The van der Waals surface area contributed by atoms with E-state index >= 15 is 0 Å². The van der Waals surface area contributed by atoms with Crippen molar-refractivity contribution < 1.29 is 23.9 Å². The van der Waals surface area contributed by atoms with Crippen molar-refractivity contribution in [3.63, 3.8) is 0 Å². The zero-order valence-corrected chi connectivity index (χ0v) is 21.5. The average molecular weight is 580 g/mol. The number of esters is 1. The van der Waals surface area contributed by atoms with Crippen molar-refractivity contribution in [3.05, 3.63) is 81.2 Å². The molecule has 3 rings (SSSR count). The van der Waals surface area contributed by atoms with Crippen LogP contribution in [0.25, 0.3) is 0 Å². The minimum Gasteiger partial charge on any atom is -0.456 e. The maximum atomic E-state index is 12.1. The maximum absolute atomic E-state index is 12.1. The third kappa shape index (κ3) is 8.90. The van der Waals surface area contributed by atoms with Gasteiger partial charge in [0.1, 0.15) is 11.5 Å². The van der Waals surface area contributed by atoms with Crippen molar-refractivity contribution in [2.75, 3.05) is 17.2 Å². The molecule has 0 saturated heterocycles. The van der Waals surface area contributed by atoms with Crippen molar-refractivity contribution >= 4 is 68.3 Å². The average Bonchev–Trinajstić information content (AvgIpc) is 2.83. The molecule has 0 saturated carbocycles. The van der Waals surface area contributed by atoms with Crippen LogP contribution in [-0.2, 0) is 19.1 Å². The molecule has 182 valence electrons. The summed E-state index contributed by atoms with van der Waals surface area (Å²) in [6.45, 7) is -0.429. The molecule has 2 amide bonds. The largest absolute Gasteiger partial charge is 0.456 e. The van der Waals surface area contributed by atoms with Gasteiger partial charge in [0.15, 0.2) is 6.61 Å². The molecular weight excluding hydrogens is 559 g/mol. The fourth-order valence-electron chi connectivity index (χ4n) is 2.87. The lowest BCUT2D eigenvalue weighted by Gasteiger charge is -2.09. The summed E-state index contributed by atoms with van der Waals surface area (Å²) in [5.74, 6) is -0.194. The molecule has 10 heteroatoms. The summed E-state index contributed by atoms with van der Waals surface area (Å²) in [4.78, 5) is 35.9. The van der Waals surface area contributed by atoms with Crippen LogP contribution >= 0.6 is 39.1 Å². The number of ether oxygens (including phenoxy) is 2. The van der Waals surface area contributed by atoms with Crippen LogP contribution in [0.3, 0.4) is 0 Å². The highest BCUT2D eigenvalue weighted by molar-refractivity contribution is 9.10. The Morgan fingerprint density at radius 1 is 0.800 bits per heavy atom. The first-order chi connectivity index (χ1) is 16.8. The topological polar surface area (TPSA) is 93.7 Å². The molecule has 0 heterocycles. The molecule has 0 aromatic heterocycles. The summed E-state index contributed by atoms with van der Waals surface area (Å²) >= 11 is 15.3. The Balaban J connectivity index is 1.33. The molecule has 0 spiro atoms. The Labute approximate surface area is 220 Å². The van der Waals surface area contributed by atoms with Gasteiger partial charge in [0.05, 0.1) is 10.0 Å². The summed E-state index contributed by atoms with van der Waals surface area (Å²) in [6, 6.07) is 18.9. The molecule has 0 bridgehead atoms. The van der Waals surface area contributed by atoms with Crippen molar-refractivity contribution in [3.8, 4) is 11.5 Å². The Bertz CT molecular complexity index is 1200. The van der Waals surface area contributed by atoms with Crippen molar-refractivity contribution in [2.24, 2.45) is 0 Å². The first-order valence-corrected chi connectivity index (χ1v) is 12.1. The number of hydrogen-bond acceptors (Lipinski definition) is 5. The summed E-state index contributed by atoms with van der Waals surface area (Å²) in [5, 5.41) is 6.28. The Kier molecular flexibility index (Phi) is 9.96. The van der Waals surface area contributed by atoms with Gasteiger partial charge in [-0.25, -0.2) is 0 Å². The van der Waals surface area contributed by atoms with E-state index in [-0.39, 0.29) is 25.2 Å². The van der Waals surface area contributed by atoms with Gasteiger partial charge in [-0.05, 0) is 76.9 Å². The number of carbonyl (C=O) groups excluding carboxylic acids is 3. The third-order valence-electron chi connectivity index (χ3n) is 4.55. The van der Waals surface area contributed by atoms with Crippen LogP contribution in [0.1, 0.15) is 19.3 Å². The Morgan fingerprint density at radius 2 is 1.49 bits per heavy atom. The van der Waals surface area contributed by atoms with Gasteiger partial charge < -0.3 is 20.1 Å². The third-order valence-corrected chi connectivity index (χ3v) is 6.10. The second kappa shape index (κ2) is 13.1. The van der Waals surface area contributed by atoms with E-state index < -0.39 is 18.5 Å². The first-order valence-electron chi connectivity index (χ1n) is 10.5. The molecule has 3 aromatic carbocycles. The molecule has 0 atom stereocenters. The summed E-state index contributed by atoms with van der Waals surface area (Å²) in [7, 11) is 0. The van der Waals surface area contributed by atoms with Crippen molar-refractivity contribution in [2.45, 2.75) is 19.3 Å². The van der Waals surface area contributed by atoms with Crippen LogP contribution in [0, 0.1) is 0 Å². The van der Waals surface area contributed by atoms with Gasteiger partial charge in [-0.15, -0.1) is 0 Å². The fourth-order valence-corrected chi connectivity index (χ4v) is 3.47. The molecule has 0 aliphatic rings. The van der Waals surface area contributed by atoms with E-state index in [0.717, 1.165) is 0 Å². The molecule has 0 aliphatic carbocycles. The van der Waals surface area contributed by atoms with Gasteiger partial charge >= 0.3 is 5.97 Å². The second-order valence-electron chi connectivity index (χ2n) is 7.30. The number of carbonyl (C=O) groups is 3. The predicted molar refractivity (Wildman–Crippen MR) is 139 cm³/mol. The first kappa shape index (κ1) is 26.5. The van der Waals surface area contributed by atoms with Gasteiger partial charge in [0, 0.05) is 28.7 Å². The number of benzene rings is 3. The number of rotatable bonds is 10. The van der Waals surface area contributed by atoms with E-state index in [2.05, 4.69) is 26.6 Å². The normalized spacial score (nSPS) is 10.4. The zero-order valence-electron chi connectivity index (χ0n) is 18.4. The summed E-state index contributed by atoms with van der Waals surface area (Å²) in [5.41, 5.74) is 1.08. The lowest BCUT2D eigenvalue weighted by atomic mass is 10.2. The van der Waals surface area contributed by atoms with Crippen LogP contribution in [0.4, 0.5) is 11.4 Å². The predicted octanol–water partition coefficient (Wildman–Crippen LogP) is 6.84. The highest BCUT2D eigenvalue weighted by atomic mass is 79.9. The molecule has 7 nitrogen and oxygen atoms in total. The lowest BCUT2D eigenvalue weighted by Crippen LogP contribution is -2.21. The number of amides is 2. The van der Waals surface area contributed by atoms with Crippen LogP contribution < -0.4 is 15.4 Å². The highest BCUT2D eigenvalue weighted by Gasteiger charge is 2.11. The number of anilines is 2. The Hall–Kier alpha value is -3.07. The molecule has 2 N–H and O–H groups in total. The second-order valence-corrected chi connectivity index (χ2v) is 8.97. The smallest absolute Gasteiger partial charge is 0.306 e. The van der Waals surface area contributed by atoms with Gasteiger partial charge in [-0.2, -0.15) is 0 Å². The van der Waals surface area contributed by atoms with Gasteiger partial charge in [-0.3, -0.25) is 14.4 Å². The van der Waals surface area contributed by atoms with Gasteiger partial charge in [0.2, 0.25) is 5.91 Å². The highest BCUT2D eigenvalue weighted by Crippen LogP contribution is 2.29. The van der Waals surface area contributed by atoms with Crippen molar-refractivity contribution in [1.82, 2.24) is 0 Å². The van der Waals surface area contributed by atoms with E-state index in [1.165, 1.54) is 0 Å². The van der Waals surface area contributed by atoms with Crippen LogP contribution in [0.15, 0.2) is 71.2 Å². The fraction of sp³-hybridized carbons (Fsp3) is 0.160. The van der Waals surface area contributed by atoms with Crippen molar-refractivity contribution in [1.29, 1.82) is 0 Å². The maximum Gasteiger partial charge on any atom is 0.306 e. The SMILES string of the molecule is O=C(CCCC(=O)OCC(=O)Nc1ccc(Br)c(Cl)c1)Nc1ccc(Oc2ccccc2Cl)cc1. The molecule has 35 heavy (non-hydrogen) atoms. The van der Waals surface area contributed by atoms with E-state index in [4.69, 9.17) is 32.7 Å². The number of hydrogen-bond donors (Lipinski definition) is 2. The van der Waals surface area contributed by atoms with Gasteiger partial charge in [-0.1, -0.05) is 35.3 Å². The van der Waals surface area contributed by atoms with E-state index in [1.807, 2.05) is 12.1 Å². The standard InChI is InChI=1S/C25H21BrCl2N2O5/c26-19-13-10-17(14-21(19)28)30-24(32)15-34-25(33)7-3-6-23(31)29-16-8-11-18(12-9-16)35-22-5-2-1-4-20(22)27/h1-2,4-5,8-14H,3,6-7,15H2,(H,29,31)(H,30,32). The number of para-hydroxylation sites is 1. The molecule has 0 radical (unpaired) electrons. The van der Waals surface area contributed by atoms with Crippen LogP contribution in [0.2, 0.25) is 10.0 Å². The minimum absolute atomic E-state index is 0.00935. The quantitative estimate of drug-likeness (QED) is 0.256. The van der Waals surface area contributed by atoms with Crippen LogP contribution in [-0.4, -0.2) is 24.4 Å². The molecule has 3 aromatic rings. The lowest BCUT2D eigenvalue weighted by molar-refractivity contribution is -0.147. The van der Waals surface area contributed by atoms with Gasteiger partial charge in [0.25, 0.3) is 5.91 Å². The Morgan fingerprint density at radius 3 is 2.20 bits per heavy atom. The molecule has 0 aliphatic heterocycles. The number of nitrogens with one attached hydrogen (secondary N) is 2. The molecular formula is C25H21BrCl2N2O5. The van der Waals surface area contributed by atoms with E-state index in [9.17, 15) is 14.4 Å². The minimum atomic E-state index is -0.567. The van der Waals surface area contributed by atoms with Crippen LogP contribution in [0.5, 0.6) is 11.5 Å². The molecule has 0 fully saturated rings. The zero-order chi connectivity index (χ0) is 25.2. The van der Waals surface area contributed by atoms with E-state index in [0.29, 0.717) is 37.4 Å². The number of halogens is 3. The summed E-state index contributed by atoms with van der Waals surface area (Å²) < 4.78 is 11.4. The molecule has 0 unspecified atom stereocenters. The summed E-state index contributed by atoms with van der Waals surface area (Å²) in [6.07, 6.45) is 0.411.